The Balaban J connectivity index is 1.40. The second kappa shape index (κ2) is 12.4. The summed E-state index contributed by atoms with van der Waals surface area (Å²) in [5, 5.41) is 14.2. The lowest BCUT2D eigenvalue weighted by atomic mass is 10.2. The molecule has 0 saturated carbocycles. The maximum atomic E-state index is 15.1. The third-order valence-electron chi connectivity index (χ3n) is 5.49. The van der Waals surface area contributed by atoms with Crippen LogP contribution in [0.1, 0.15) is 32.4 Å². The summed E-state index contributed by atoms with van der Waals surface area (Å²) in [7, 11) is 1.58. The molecule has 38 heavy (non-hydrogen) atoms. The molecule has 0 bridgehead atoms. The first kappa shape index (κ1) is 26.9. The van der Waals surface area contributed by atoms with Gasteiger partial charge in [0, 0.05) is 36.8 Å². The molecule has 0 aliphatic heterocycles. The zero-order chi connectivity index (χ0) is 27.1. The van der Waals surface area contributed by atoms with E-state index in [0.717, 1.165) is 5.69 Å². The van der Waals surface area contributed by atoms with Gasteiger partial charge in [-0.2, -0.15) is 0 Å². The average Bonchev–Trinajstić information content (AvgIpc) is 3.34. The molecule has 1 amide bonds. The smallest absolute Gasteiger partial charge is 0.246 e. The molecule has 4 rings (SSSR count). The Bertz CT molecular complexity index is 1380. The van der Waals surface area contributed by atoms with Gasteiger partial charge in [-0.15, -0.1) is 5.10 Å². The number of fused-ring (bicyclic) bond motifs is 1. The molecule has 200 valence electrons. The molecular formula is C26H30FN7O4. The molecule has 0 spiro atoms. The number of aromatic nitrogens is 5. The number of carbonyl (C=O) groups excluding carboxylic acids is 1. The molecule has 0 saturated heterocycles. The van der Waals surface area contributed by atoms with E-state index in [1.807, 2.05) is 13.8 Å². The number of amides is 1. The average molecular weight is 524 g/mol. The Hall–Kier alpha value is -4.16. The van der Waals surface area contributed by atoms with Gasteiger partial charge in [-0.3, -0.25) is 4.79 Å². The number of ether oxygens (including phenoxy) is 3. The normalized spacial score (nSPS) is 12.1. The van der Waals surface area contributed by atoms with Crippen LogP contribution in [-0.4, -0.2) is 57.5 Å². The number of carbonyl (C=O) groups is 1. The van der Waals surface area contributed by atoms with Crippen molar-refractivity contribution in [3.8, 4) is 5.75 Å². The van der Waals surface area contributed by atoms with E-state index in [1.165, 1.54) is 17.1 Å². The van der Waals surface area contributed by atoms with Crippen LogP contribution in [0.4, 0.5) is 21.6 Å². The van der Waals surface area contributed by atoms with E-state index < -0.39 is 12.1 Å². The minimum absolute atomic E-state index is 0.0513. The van der Waals surface area contributed by atoms with E-state index >= 15 is 4.39 Å². The van der Waals surface area contributed by atoms with E-state index in [4.69, 9.17) is 14.2 Å². The quantitative estimate of drug-likeness (QED) is 0.207. The summed E-state index contributed by atoms with van der Waals surface area (Å²) in [4.78, 5) is 20.8. The Kier molecular flexibility index (Phi) is 8.77. The molecule has 1 atom stereocenters. The molecule has 2 N–H and O–H groups in total. The van der Waals surface area contributed by atoms with Crippen molar-refractivity contribution in [1.29, 1.82) is 0 Å². The third kappa shape index (κ3) is 6.99. The first-order valence-corrected chi connectivity index (χ1v) is 12.1. The highest BCUT2D eigenvalue weighted by molar-refractivity contribution is 5.93. The van der Waals surface area contributed by atoms with Gasteiger partial charge < -0.3 is 24.8 Å². The zero-order valence-electron chi connectivity index (χ0n) is 21.6. The van der Waals surface area contributed by atoms with Gasteiger partial charge >= 0.3 is 0 Å². The maximum Gasteiger partial charge on any atom is 0.246 e. The van der Waals surface area contributed by atoms with Crippen LogP contribution in [0.25, 0.3) is 10.9 Å². The van der Waals surface area contributed by atoms with Crippen molar-refractivity contribution in [2.45, 2.75) is 39.5 Å². The van der Waals surface area contributed by atoms with Gasteiger partial charge in [0.25, 0.3) is 0 Å². The second-order valence-electron chi connectivity index (χ2n) is 8.82. The van der Waals surface area contributed by atoms with Gasteiger partial charge in [-0.25, -0.2) is 19.0 Å². The summed E-state index contributed by atoms with van der Waals surface area (Å²) in [5.41, 5.74) is 2.46. The minimum atomic E-state index is -0.589. The van der Waals surface area contributed by atoms with Gasteiger partial charge in [0.15, 0.2) is 6.29 Å². The molecule has 0 fully saturated rings. The number of hydrogen-bond donors (Lipinski definition) is 2. The molecule has 1 unspecified atom stereocenters. The van der Waals surface area contributed by atoms with E-state index in [9.17, 15) is 4.79 Å². The fourth-order valence-electron chi connectivity index (χ4n) is 3.58. The molecule has 2 heterocycles. The SMILES string of the molecule is COCCOC(C)Oc1cc(F)c2c(Nc3ccc(NC(=O)Cn4cc(C(C)C)nn4)cc3)ncnc2c1. The maximum absolute atomic E-state index is 15.1. The molecule has 2 aromatic carbocycles. The summed E-state index contributed by atoms with van der Waals surface area (Å²) < 4.78 is 32.7. The van der Waals surface area contributed by atoms with E-state index in [1.54, 1.807) is 50.6 Å². The lowest BCUT2D eigenvalue weighted by Gasteiger charge is -2.16. The lowest BCUT2D eigenvalue weighted by molar-refractivity contribution is -0.116. The number of benzene rings is 2. The van der Waals surface area contributed by atoms with Crippen molar-refractivity contribution in [3.63, 3.8) is 0 Å². The number of nitrogens with zero attached hydrogens (tertiary/aromatic N) is 5. The summed E-state index contributed by atoms with van der Waals surface area (Å²) in [6.45, 7) is 6.57. The number of hydrogen-bond acceptors (Lipinski definition) is 9. The fraction of sp³-hybridized carbons (Fsp3) is 0.346. The first-order valence-electron chi connectivity index (χ1n) is 12.1. The van der Waals surface area contributed by atoms with Crippen molar-refractivity contribution in [3.05, 3.63) is 60.4 Å². The highest BCUT2D eigenvalue weighted by Crippen LogP contribution is 2.30. The van der Waals surface area contributed by atoms with Crippen molar-refractivity contribution in [2.24, 2.45) is 0 Å². The topological polar surface area (TPSA) is 125 Å². The van der Waals surface area contributed by atoms with Crippen molar-refractivity contribution in [1.82, 2.24) is 25.0 Å². The zero-order valence-corrected chi connectivity index (χ0v) is 21.6. The van der Waals surface area contributed by atoms with Crippen molar-refractivity contribution in [2.75, 3.05) is 31.0 Å². The standard InChI is InChI=1S/C26H30FN7O4/c1-16(2)23-13-34(33-32-23)14-24(35)30-18-5-7-19(8-6-18)31-26-25-21(27)11-20(12-22(25)28-15-29-26)38-17(3)37-10-9-36-4/h5-8,11-13,15-17H,9-10,14H2,1-4H3,(H,30,35)(H,28,29,31). The van der Waals surface area contributed by atoms with E-state index in [0.29, 0.717) is 35.9 Å². The molecule has 0 aliphatic carbocycles. The monoisotopic (exact) mass is 523 g/mol. The van der Waals surface area contributed by atoms with Crippen molar-refractivity contribution < 1.29 is 23.4 Å². The van der Waals surface area contributed by atoms with Crippen molar-refractivity contribution >= 4 is 34.0 Å². The Labute approximate surface area is 219 Å². The van der Waals surface area contributed by atoms with Gasteiger partial charge in [0.2, 0.25) is 5.91 Å². The lowest BCUT2D eigenvalue weighted by Crippen LogP contribution is -2.19. The van der Waals surface area contributed by atoms with Crippen LogP contribution in [0, 0.1) is 5.82 Å². The van der Waals surface area contributed by atoms with Crippen LogP contribution >= 0.6 is 0 Å². The highest BCUT2D eigenvalue weighted by Gasteiger charge is 2.14. The van der Waals surface area contributed by atoms with Gasteiger partial charge in [0.05, 0.1) is 29.8 Å². The molecule has 0 radical (unpaired) electrons. The number of halogens is 1. The number of nitrogens with one attached hydrogen (secondary N) is 2. The first-order chi connectivity index (χ1) is 18.3. The molecule has 2 aromatic heterocycles. The second-order valence-corrected chi connectivity index (χ2v) is 8.82. The highest BCUT2D eigenvalue weighted by atomic mass is 19.1. The molecule has 12 heteroatoms. The van der Waals surface area contributed by atoms with Gasteiger partial charge in [-0.05, 0) is 37.1 Å². The fourth-order valence-corrected chi connectivity index (χ4v) is 3.58. The largest absolute Gasteiger partial charge is 0.465 e. The minimum Gasteiger partial charge on any atom is -0.465 e. The third-order valence-corrected chi connectivity index (χ3v) is 5.49. The number of methoxy groups -OCH3 is 1. The Morgan fingerprint density at radius 3 is 2.55 bits per heavy atom. The molecular weight excluding hydrogens is 493 g/mol. The summed E-state index contributed by atoms with van der Waals surface area (Å²) in [6, 6.07) is 9.87. The van der Waals surface area contributed by atoms with E-state index in [-0.39, 0.29) is 29.5 Å². The number of rotatable bonds is 12. The van der Waals surface area contributed by atoms with Crippen LogP contribution in [0.3, 0.4) is 0 Å². The van der Waals surface area contributed by atoms with Crippen LogP contribution in [0.15, 0.2) is 48.9 Å². The van der Waals surface area contributed by atoms with Crippen LogP contribution < -0.4 is 15.4 Å². The predicted octanol–water partition coefficient (Wildman–Crippen LogP) is 4.25. The number of anilines is 3. The van der Waals surface area contributed by atoms with Gasteiger partial charge in [0.1, 0.15) is 30.3 Å². The summed E-state index contributed by atoms with van der Waals surface area (Å²) in [6.07, 6.45) is 2.51. The van der Waals surface area contributed by atoms with Crippen LogP contribution in [-0.2, 0) is 20.8 Å². The molecule has 11 nitrogen and oxygen atoms in total. The summed E-state index contributed by atoms with van der Waals surface area (Å²) in [5.74, 6) is 0.0501. The Morgan fingerprint density at radius 1 is 1.08 bits per heavy atom. The predicted molar refractivity (Wildman–Crippen MR) is 140 cm³/mol. The van der Waals surface area contributed by atoms with Gasteiger partial charge in [-0.1, -0.05) is 19.1 Å². The van der Waals surface area contributed by atoms with Crippen LogP contribution in [0.5, 0.6) is 5.75 Å². The van der Waals surface area contributed by atoms with E-state index in [2.05, 4.69) is 30.9 Å². The molecule has 0 aliphatic rings. The molecule has 4 aromatic rings. The van der Waals surface area contributed by atoms with Crippen LogP contribution in [0.2, 0.25) is 0 Å². The Morgan fingerprint density at radius 2 is 1.84 bits per heavy atom. The summed E-state index contributed by atoms with van der Waals surface area (Å²) >= 11 is 0.